The first-order valence-electron chi connectivity index (χ1n) is 4.58. The SMILES string of the molecule is Cc1[nH]nc(CC(=O)O)c1-c1ccc[nH]1. The van der Waals surface area contributed by atoms with Gasteiger partial charge in [0.15, 0.2) is 0 Å². The molecule has 78 valence electrons. The minimum absolute atomic E-state index is 0.0707. The van der Waals surface area contributed by atoms with Gasteiger partial charge in [-0.3, -0.25) is 9.89 Å². The van der Waals surface area contributed by atoms with E-state index in [1.54, 1.807) is 6.20 Å². The molecule has 0 spiro atoms. The van der Waals surface area contributed by atoms with Gasteiger partial charge in [-0.05, 0) is 19.1 Å². The average molecular weight is 205 g/mol. The van der Waals surface area contributed by atoms with E-state index in [0.29, 0.717) is 5.69 Å². The molecule has 2 rings (SSSR count). The normalized spacial score (nSPS) is 10.5. The van der Waals surface area contributed by atoms with Gasteiger partial charge < -0.3 is 10.1 Å². The Bertz CT molecular complexity index is 471. The predicted molar refractivity (Wildman–Crippen MR) is 54.5 cm³/mol. The number of carboxylic acid groups (broad SMARTS) is 1. The van der Waals surface area contributed by atoms with E-state index in [1.807, 2.05) is 19.1 Å². The fourth-order valence-corrected chi connectivity index (χ4v) is 1.59. The summed E-state index contributed by atoms with van der Waals surface area (Å²) in [5.41, 5.74) is 3.16. The Morgan fingerprint density at radius 1 is 1.60 bits per heavy atom. The highest BCUT2D eigenvalue weighted by molar-refractivity contribution is 5.75. The monoisotopic (exact) mass is 205 g/mol. The fourth-order valence-electron chi connectivity index (χ4n) is 1.59. The summed E-state index contributed by atoms with van der Waals surface area (Å²) >= 11 is 0. The van der Waals surface area contributed by atoms with Crippen LogP contribution in [0.15, 0.2) is 18.3 Å². The Hall–Kier alpha value is -2.04. The molecule has 2 aromatic heterocycles. The molecule has 2 aromatic rings. The van der Waals surface area contributed by atoms with E-state index in [9.17, 15) is 4.79 Å². The van der Waals surface area contributed by atoms with Crippen LogP contribution in [0.3, 0.4) is 0 Å². The van der Waals surface area contributed by atoms with E-state index in [2.05, 4.69) is 15.2 Å². The lowest BCUT2D eigenvalue weighted by Gasteiger charge is -1.98. The molecule has 0 saturated carbocycles. The molecule has 5 heteroatoms. The van der Waals surface area contributed by atoms with Crippen molar-refractivity contribution in [2.24, 2.45) is 0 Å². The smallest absolute Gasteiger partial charge is 0.309 e. The summed E-state index contributed by atoms with van der Waals surface area (Å²) in [5.74, 6) is -0.880. The van der Waals surface area contributed by atoms with Gasteiger partial charge in [-0.1, -0.05) is 0 Å². The van der Waals surface area contributed by atoms with E-state index in [0.717, 1.165) is 17.0 Å². The van der Waals surface area contributed by atoms with E-state index >= 15 is 0 Å². The molecule has 3 N–H and O–H groups in total. The third-order valence-corrected chi connectivity index (χ3v) is 2.21. The van der Waals surface area contributed by atoms with Crippen LogP contribution in [0.2, 0.25) is 0 Å². The number of carboxylic acids is 1. The van der Waals surface area contributed by atoms with Gasteiger partial charge >= 0.3 is 5.97 Å². The number of aliphatic carboxylic acids is 1. The van der Waals surface area contributed by atoms with E-state index < -0.39 is 5.97 Å². The Balaban J connectivity index is 2.45. The highest BCUT2D eigenvalue weighted by Crippen LogP contribution is 2.24. The van der Waals surface area contributed by atoms with Crippen molar-refractivity contribution in [2.75, 3.05) is 0 Å². The first kappa shape index (κ1) is 9.51. The summed E-state index contributed by atoms with van der Waals surface area (Å²) in [7, 11) is 0. The first-order chi connectivity index (χ1) is 7.18. The maximum Gasteiger partial charge on any atom is 0.309 e. The number of aromatic amines is 2. The third kappa shape index (κ3) is 1.76. The maximum atomic E-state index is 10.6. The van der Waals surface area contributed by atoms with E-state index in [4.69, 9.17) is 5.11 Å². The highest BCUT2D eigenvalue weighted by atomic mass is 16.4. The van der Waals surface area contributed by atoms with Gasteiger partial charge in [0, 0.05) is 23.1 Å². The van der Waals surface area contributed by atoms with Gasteiger partial charge in [0.1, 0.15) is 0 Å². The number of nitrogens with zero attached hydrogens (tertiary/aromatic N) is 1. The summed E-state index contributed by atoms with van der Waals surface area (Å²) < 4.78 is 0. The molecule has 0 fully saturated rings. The van der Waals surface area contributed by atoms with Crippen LogP contribution in [0, 0.1) is 6.92 Å². The summed E-state index contributed by atoms with van der Waals surface area (Å²) in [5, 5.41) is 15.5. The van der Waals surface area contributed by atoms with Crippen LogP contribution in [-0.4, -0.2) is 26.3 Å². The van der Waals surface area contributed by atoms with Gasteiger partial charge in [-0.2, -0.15) is 5.10 Å². The molecule has 0 aromatic carbocycles. The molecule has 2 heterocycles. The van der Waals surface area contributed by atoms with E-state index in [-0.39, 0.29) is 6.42 Å². The molecule has 0 aliphatic carbocycles. The van der Waals surface area contributed by atoms with Gasteiger partial charge in [0.05, 0.1) is 12.1 Å². The predicted octanol–water partition coefficient (Wildman–Crippen LogP) is 1.34. The van der Waals surface area contributed by atoms with Crippen molar-refractivity contribution < 1.29 is 9.90 Å². The molecular formula is C10H11N3O2. The number of hydrogen-bond acceptors (Lipinski definition) is 2. The number of nitrogens with one attached hydrogen (secondary N) is 2. The first-order valence-corrected chi connectivity index (χ1v) is 4.58. The van der Waals surface area contributed by atoms with Crippen molar-refractivity contribution in [1.29, 1.82) is 0 Å². The lowest BCUT2D eigenvalue weighted by molar-refractivity contribution is -0.136. The van der Waals surface area contributed by atoms with E-state index in [1.165, 1.54) is 0 Å². The van der Waals surface area contributed by atoms with Crippen molar-refractivity contribution >= 4 is 5.97 Å². The summed E-state index contributed by atoms with van der Waals surface area (Å²) in [4.78, 5) is 13.7. The molecule has 5 nitrogen and oxygen atoms in total. The molecule has 0 amide bonds. The average Bonchev–Trinajstić information content (AvgIpc) is 2.74. The zero-order chi connectivity index (χ0) is 10.8. The van der Waals surface area contributed by atoms with Crippen molar-refractivity contribution in [3.05, 3.63) is 29.7 Å². The molecule has 0 aliphatic heterocycles. The minimum Gasteiger partial charge on any atom is -0.481 e. The van der Waals surface area contributed by atoms with Crippen LogP contribution >= 0.6 is 0 Å². The second kappa shape index (κ2) is 3.61. The number of carbonyl (C=O) groups is 1. The second-order valence-corrected chi connectivity index (χ2v) is 3.32. The zero-order valence-corrected chi connectivity index (χ0v) is 8.24. The molecule has 0 bridgehead atoms. The number of hydrogen-bond donors (Lipinski definition) is 3. The van der Waals surface area contributed by atoms with Crippen LogP contribution < -0.4 is 0 Å². The largest absolute Gasteiger partial charge is 0.481 e. The Kier molecular flexibility index (Phi) is 2.29. The van der Waals surface area contributed by atoms with Crippen LogP contribution in [0.5, 0.6) is 0 Å². The maximum absolute atomic E-state index is 10.6. The summed E-state index contributed by atoms with van der Waals surface area (Å²) in [6, 6.07) is 3.76. The molecule has 0 atom stereocenters. The summed E-state index contributed by atoms with van der Waals surface area (Å²) in [6.45, 7) is 1.87. The van der Waals surface area contributed by atoms with Gasteiger partial charge in [-0.15, -0.1) is 0 Å². The minimum atomic E-state index is -0.880. The Morgan fingerprint density at radius 2 is 2.40 bits per heavy atom. The zero-order valence-electron chi connectivity index (χ0n) is 8.24. The lowest BCUT2D eigenvalue weighted by Crippen LogP contribution is -2.01. The summed E-state index contributed by atoms with van der Waals surface area (Å²) in [6.07, 6.45) is 1.73. The highest BCUT2D eigenvalue weighted by Gasteiger charge is 2.15. The van der Waals surface area contributed by atoms with Gasteiger partial charge in [-0.25, -0.2) is 0 Å². The molecule has 0 unspecified atom stereocenters. The number of rotatable bonds is 3. The Labute approximate surface area is 86.1 Å². The van der Waals surface area contributed by atoms with Crippen molar-refractivity contribution in [1.82, 2.24) is 15.2 Å². The van der Waals surface area contributed by atoms with Crippen LogP contribution in [0.4, 0.5) is 0 Å². The third-order valence-electron chi connectivity index (χ3n) is 2.21. The number of aryl methyl sites for hydroxylation is 1. The van der Waals surface area contributed by atoms with Crippen molar-refractivity contribution in [3.63, 3.8) is 0 Å². The lowest BCUT2D eigenvalue weighted by atomic mass is 10.1. The topological polar surface area (TPSA) is 81.8 Å². The van der Waals surface area contributed by atoms with Crippen LogP contribution in [0.25, 0.3) is 11.3 Å². The van der Waals surface area contributed by atoms with Gasteiger partial charge in [0.2, 0.25) is 0 Å². The second-order valence-electron chi connectivity index (χ2n) is 3.32. The van der Waals surface area contributed by atoms with Crippen molar-refractivity contribution in [2.45, 2.75) is 13.3 Å². The molecule has 0 radical (unpaired) electrons. The van der Waals surface area contributed by atoms with Crippen LogP contribution in [-0.2, 0) is 11.2 Å². The number of aromatic nitrogens is 3. The molecular weight excluding hydrogens is 194 g/mol. The van der Waals surface area contributed by atoms with Crippen LogP contribution in [0.1, 0.15) is 11.4 Å². The fraction of sp³-hybridized carbons (Fsp3) is 0.200. The van der Waals surface area contributed by atoms with Crippen molar-refractivity contribution in [3.8, 4) is 11.3 Å². The molecule has 15 heavy (non-hydrogen) atoms. The standard InChI is InChI=1S/C10H11N3O2/c1-6-10(7-3-2-4-11-7)8(13-12-6)5-9(14)15/h2-4,11H,5H2,1H3,(H,12,13)(H,14,15). The molecule has 0 saturated heterocycles. The Morgan fingerprint density at radius 3 is 3.00 bits per heavy atom. The quantitative estimate of drug-likeness (QED) is 0.707. The molecule has 0 aliphatic rings. The van der Waals surface area contributed by atoms with Gasteiger partial charge in [0.25, 0.3) is 0 Å². The number of H-pyrrole nitrogens is 2.